The molecule has 13 heteroatoms. The molecule has 1 atom stereocenters. The van der Waals surface area contributed by atoms with Gasteiger partial charge in [0, 0.05) is 30.9 Å². The van der Waals surface area contributed by atoms with Crippen molar-refractivity contribution < 1.29 is 41.0 Å². The Morgan fingerprint density at radius 1 is 1.33 bits per heavy atom. The van der Waals surface area contributed by atoms with E-state index in [4.69, 9.17) is 10.5 Å². The smallest absolute Gasteiger partial charge is 0.401 e. The molecule has 3 N–H and O–H groups in total. The number of ether oxygens (including phenoxy) is 2. The number of nitrogens with one attached hydrogen (secondary N) is 1. The summed E-state index contributed by atoms with van der Waals surface area (Å²) in [6, 6.07) is 2.04. The van der Waals surface area contributed by atoms with E-state index < -0.39 is 49.6 Å². The highest BCUT2D eigenvalue weighted by atomic mass is 19.4. The van der Waals surface area contributed by atoms with Gasteiger partial charge in [0.05, 0.1) is 18.8 Å². The number of hydrogen-bond donors (Lipinski definition) is 2. The lowest BCUT2D eigenvalue weighted by Crippen LogP contribution is -2.57. The summed E-state index contributed by atoms with van der Waals surface area (Å²) in [6.45, 7) is -4.67. The average Bonchev–Trinajstić information content (AvgIpc) is 2.67. The summed E-state index contributed by atoms with van der Waals surface area (Å²) in [4.78, 5) is 27.2. The molecule has 0 aromatic heterocycles. The largest absolute Gasteiger partial charge is 0.433 e. The van der Waals surface area contributed by atoms with E-state index in [0.29, 0.717) is 12.8 Å². The van der Waals surface area contributed by atoms with Gasteiger partial charge in [-0.15, -0.1) is 0 Å². The van der Waals surface area contributed by atoms with Gasteiger partial charge in [0.15, 0.2) is 5.75 Å². The lowest BCUT2D eigenvalue weighted by atomic mass is 9.90. The third-order valence-electron chi connectivity index (χ3n) is 5.57. The van der Waals surface area contributed by atoms with Gasteiger partial charge in [-0.3, -0.25) is 14.5 Å². The summed E-state index contributed by atoms with van der Waals surface area (Å²) in [5.74, 6) is -1.69. The van der Waals surface area contributed by atoms with E-state index in [9.17, 15) is 31.5 Å². The number of alkyl halides is 5. The fraction of sp³-hybridized carbons (Fsp3) is 0.600. The predicted molar refractivity (Wildman–Crippen MR) is 108 cm³/mol. The summed E-state index contributed by atoms with van der Waals surface area (Å²) < 4.78 is 74.9. The molecule has 1 aliphatic heterocycles. The lowest BCUT2D eigenvalue weighted by molar-refractivity contribution is -0.162. The Bertz CT molecular complexity index is 850. The van der Waals surface area contributed by atoms with Crippen molar-refractivity contribution in [2.45, 2.75) is 44.1 Å². The van der Waals surface area contributed by atoms with Crippen LogP contribution in [0.15, 0.2) is 18.2 Å². The minimum absolute atomic E-state index is 0.169. The minimum Gasteiger partial charge on any atom is -0.433 e. The molecular formula is C20H25F5N4O4. The van der Waals surface area contributed by atoms with E-state index in [0.717, 1.165) is 17.4 Å². The van der Waals surface area contributed by atoms with Gasteiger partial charge in [-0.25, -0.2) is 0 Å². The molecule has 33 heavy (non-hydrogen) atoms. The van der Waals surface area contributed by atoms with Gasteiger partial charge in [-0.2, -0.15) is 22.0 Å². The van der Waals surface area contributed by atoms with Crippen LogP contribution in [0.1, 0.15) is 19.3 Å². The molecule has 0 unspecified atom stereocenters. The van der Waals surface area contributed by atoms with Crippen LogP contribution in [0.2, 0.25) is 0 Å². The molecule has 0 bridgehead atoms. The van der Waals surface area contributed by atoms with Crippen molar-refractivity contribution in [1.29, 1.82) is 0 Å². The van der Waals surface area contributed by atoms with Gasteiger partial charge < -0.3 is 25.4 Å². The summed E-state index contributed by atoms with van der Waals surface area (Å²) in [5, 5.41) is 2.36. The van der Waals surface area contributed by atoms with Crippen LogP contribution in [0.5, 0.6) is 5.75 Å². The number of nitrogens with zero attached hydrogens (tertiary/aromatic N) is 2. The molecule has 1 aromatic carbocycles. The minimum atomic E-state index is -4.54. The van der Waals surface area contributed by atoms with Gasteiger partial charge in [-0.1, -0.05) is 6.42 Å². The van der Waals surface area contributed by atoms with Crippen molar-refractivity contribution in [2.75, 3.05) is 43.1 Å². The third-order valence-corrected chi connectivity index (χ3v) is 5.57. The van der Waals surface area contributed by atoms with Crippen LogP contribution < -0.4 is 20.7 Å². The highest BCUT2D eigenvalue weighted by Gasteiger charge is 2.41. The number of benzene rings is 1. The first kappa shape index (κ1) is 25.1. The number of halogens is 5. The van der Waals surface area contributed by atoms with E-state index in [-0.39, 0.29) is 37.0 Å². The Balaban J connectivity index is 1.83. The predicted octanol–water partition coefficient (Wildman–Crippen LogP) is 2.33. The molecule has 2 fully saturated rings. The van der Waals surface area contributed by atoms with Crippen molar-refractivity contribution in [3.8, 4) is 5.75 Å². The molecule has 3 rings (SSSR count). The number of morpholine rings is 1. The quantitative estimate of drug-likeness (QED) is 0.527. The number of amides is 2. The fourth-order valence-corrected chi connectivity index (χ4v) is 3.79. The number of carbonyl (C=O) groups excluding carboxylic acids is 2. The number of carbonyl (C=O) groups is 2. The summed E-state index contributed by atoms with van der Waals surface area (Å²) in [6.07, 6.45) is -2.80. The molecule has 8 nitrogen and oxygen atoms in total. The average molecular weight is 480 g/mol. The second-order valence-corrected chi connectivity index (χ2v) is 7.77. The zero-order valence-corrected chi connectivity index (χ0v) is 17.6. The molecule has 1 heterocycles. The van der Waals surface area contributed by atoms with Crippen molar-refractivity contribution >= 4 is 23.2 Å². The first-order chi connectivity index (χ1) is 15.6. The zero-order valence-electron chi connectivity index (χ0n) is 17.6. The molecule has 1 aliphatic carbocycles. The van der Waals surface area contributed by atoms with Crippen LogP contribution in [0.25, 0.3) is 0 Å². The molecule has 2 amide bonds. The molecule has 1 saturated heterocycles. The van der Waals surface area contributed by atoms with Crippen LogP contribution in [0.3, 0.4) is 0 Å². The van der Waals surface area contributed by atoms with Gasteiger partial charge in [0.2, 0.25) is 5.91 Å². The summed E-state index contributed by atoms with van der Waals surface area (Å²) >= 11 is 0. The van der Waals surface area contributed by atoms with Crippen LogP contribution in [-0.4, -0.2) is 74.4 Å². The Morgan fingerprint density at radius 3 is 2.61 bits per heavy atom. The van der Waals surface area contributed by atoms with Gasteiger partial charge >= 0.3 is 12.8 Å². The van der Waals surface area contributed by atoms with Gasteiger partial charge in [-0.05, 0) is 25.0 Å². The van der Waals surface area contributed by atoms with Crippen LogP contribution in [0.4, 0.5) is 33.3 Å². The third kappa shape index (κ3) is 6.51. The highest BCUT2D eigenvalue weighted by Crippen LogP contribution is 2.34. The monoisotopic (exact) mass is 480 g/mol. The first-order valence-electron chi connectivity index (χ1n) is 10.4. The maximum absolute atomic E-state index is 13.1. The topological polar surface area (TPSA) is 97.1 Å². The zero-order chi connectivity index (χ0) is 24.2. The molecule has 1 aromatic rings. The second kappa shape index (κ2) is 10.6. The SMILES string of the molecule is NC[C@H](C(=O)Nc1ccc(N2CCOCC2=O)cc1OC(F)F)N(CC(F)(F)F)C1CCC1. The Hall–Kier alpha value is -2.51. The van der Waals surface area contributed by atoms with Crippen molar-refractivity contribution in [3.63, 3.8) is 0 Å². The fourth-order valence-electron chi connectivity index (χ4n) is 3.79. The molecule has 0 spiro atoms. The molecule has 1 saturated carbocycles. The summed E-state index contributed by atoms with van der Waals surface area (Å²) in [5.41, 5.74) is 5.72. The summed E-state index contributed by atoms with van der Waals surface area (Å²) in [7, 11) is 0. The molecule has 0 radical (unpaired) electrons. The van der Waals surface area contributed by atoms with Crippen molar-refractivity contribution in [2.24, 2.45) is 5.73 Å². The Kier molecular flexibility index (Phi) is 8.08. The second-order valence-electron chi connectivity index (χ2n) is 7.77. The normalized spacial score (nSPS) is 18.4. The van der Waals surface area contributed by atoms with Crippen LogP contribution in [0, 0.1) is 0 Å². The van der Waals surface area contributed by atoms with Gasteiger partial charge in [0.1, 0.15) is 12.6 Å². The van der Waals surface area contributed by atoms with E-state index in [1.54, 1.807) is 0 Å². The van der Waals surface area contributed by atoms with E-state index in [2.05, 4.69) is 10.1 Å². The van der Waals surface area contributed by atoms with Crippen molar-refractivity contribution in [3.05, 3.63) is 18.2 Å². The van der Waals surface area contributed by atoms with E-state index in [1.165, 1.54) is 17.0 Å². The number of nitrogens with two attached hydrogens (primary N) is 1. The number of hydrogen-bond acceptors (Lipinski definition) is 6. The van der Waals surface area contributed by atoms with E-state index >= 15 is 0 Å². The maximum Gasteiger partial charge on any atom is 0.401 e. The molecule has 2 aliphatic rings. The number of rotatable bonds is 9. The lowest BCUT2D eigenvalue weighted by Gasteiger charge is -2.41. The van der Waals surface area contributed by atoms with Gasteiger partial charge in [0.25, 0.3) is 5.91 Å². The highest BCUT2D eigenvalue weighted by molar-refractivity contribution is 5.98. The Labute approximate surface area is 186 Å². The van der Waals surface area contributed by atoms with Crippen LogP contribution in [-0.2, 0) is 14.3 Å². The van der Waals surface area contributed by atoms with Crippen LogP contribution >= 0.6 is 0 Å². The van der Waals surface area contributed by atoms with E-state index in [1.807, 2.05) is 0 Å². The first-order valence-corrected chi connectivity index (χ1v) is 10.4. The number of anilines is 2. The molecule has 184 valence electrons. The Morgan fingerprint density at radius 2 is 2.06 bits per heavy atom. The maximum atomic E-state index is 13.1. The molecular weight excluding hydrogens is 455 g/mol. The van der Waals surface area contributed by atoms with Crippen molar-refractivity contribution in [1.82, 2.24) is 4.90 Å². The standard InChI is InChI=1S/C20H25F5N4O4/c21-19(22)33-16-8-13(28-6-7-32-10-17(28)30)4-5-14(16)27-18(31)15(9-26)29(11-20(23,24)25)12-2-1-3-12/h4-5,8,12,15,19H,1-3,6-7,9-11,26H2,(H,27,31)/t15-/m1/s1.